The SMILES string of the molecule is Cc1ccc2nc(CNc3cc(Cl)ccc3-n3cccn3)cc(=O)n2c1. The number of hydrogen-bond acceptors (Lipinski definition) is 4. The molecule has 6 nitrogen and oxygen atoms in total. The van der Waals surface area contributed by atoms with Crippen LogP contribution in [0.2, 0.25) is 5.02 Å². The van der Waals surface area contributed by atoms with Gasteiger partial charge in [0.15, 0.2) is 0 Å². The van der Waals surface area contributed by atoms with E-state index in [1.807, 2.05) is 49.5 Å². The third kappa shape index (κ3) is 3.19. The molecule has 4 rings (SSSR count). The van der Waals surface area contributed by atoms with Crippen LogP contribution < -0.4 is 10.9 Å². The lowest BCUT2D eigenvalue weighted by atomic mass is 10.2. The van der Waals surface area contributed by atoms with Gasteiger partial charge in [-0.2, -0.15) is 5.10 Å². The van der Waals surface area contributed by atoms with E-state index in [1.54, 1.807) is 21.5 Å². The minimum atomic E-state index is -0.103. The first-order chi connectivity index (χ1) is 12.6. The molecule has 0 fully saturated rings. The van der Waals surface area contributed by atoms with Crippen molar-refractivity contribution in [2.45, 2.75) is 13.5 Å². The lowest BCUT2D eigenvalue weighted by molar-refractivity contribution is 0.877. The van der Waals surface area contributed by atoms with Gasteiger partial charge in [0.05, 0.1) is 23.6 Å². The highest BCUT2D eigenvalue weighted by molar-refractivity contribution is 6.31. The smallest absolute Gasteiger partial charge is 0.258 e. The predicted octanol–water partition coefficient (Wildman–Crippen LogP) is 3.45. The summed E-state index contributed by atoms with van der Waals surface area (Å²) in [5, 5.41) is 8.18. The maximum absolute atomic E-state index is 12.3. The molecular weight excluding hydrogens is 350 g/mol. The largest absolute Gasteiger partial charge is 0.378 e. The second-order valence-electron chi connectivity index (χ2n) is 5.99. The third-order valence-corrected chi connectivity index (χ3v) is 4.27. The van der Waals surface area contributed by atoms with Crippen LogP contribution in [0.5, 0.6) is 0 Å². The molecule has 0 atom stereocenters. The molecule has 1 aromatic carbocycles. The number of fused-ring (bicyclic) bond motifs is 1. The first kappa shape index (κ1) is 16.4. The Balaban J connectivity index is 1.66. The topological polar surface area (TPSA) is 64.2 Å². The van der Waals surface area contributed by atoms with Crippen molar-refractivity contribution >= 4 is 22.9 Å². The van der Waals surface area contributed by atoms with Gasteiger partial charge in [-0.15, -0.1) is 0 Å². The van der Waals surface area contributed by atoms with Crippen molar-refractivity contribution in [2.24, 2.45) is 0 Å². The molecule has 0 bridgehead atoms. The molecule has 0 aliphatic carbocycles. The molecule has 130 valence electrons. The van der Waals surface area contributed by atoms with Crippen molar-refractivity contribution < 1.29 is 0 Å². The third-order valence-electron chi connectivity index (χ3n) is 4.03. The zero-order chi connectivity index (χ0) is 18.1. The Bertz CT molecular complexity index is 1130. The van der Waals surface area contributed by atoms with E-state index in [0.29, 0.717) is 22.9 Å². The number of nitrogens with one attached hydrogen (secondary N) is 1. The van der Waals surface area contributed by atoms with Gasteiger partial charge in [0.25, 0.3) is 5.56 Å². The Kier molecular flexibility index (Phi) is 4.18. The molecule has 0 saturated carbocycles. The molecule has 0 aliphatic rings. The summed E-state index contributed by atoms with van der Waals surface area (Å²) >= 11 is 6.14. The maximum Gasteiger partial charge on any atom is 0.258 e. The van der Waals surface area contributed by atoms with Gasteiger partial charge in [0.2, 0.25) is 0 Å². The van der Waals surface area contributed by atoms with Crippen LogP contribution in [0.15, 0.2) is 65.8 Å². The van der Waals surface area contributed by atoms with Crippen LogP contribution >= 0.6 is 11.6 Å². The van der Waals surface area contributed by atoms with Gasteiger partial charge in [0.1, 0.15) is 5.65 Å². The van der Waals surface area contributed by atoms with E-state index in [0.717, 1.165) is 16.9 Å². The number of halogens is 1. The van der Waals surface area contributed by atoms with Crippen molar-refractivity contribution in [2.75, 3.05) is 5.32 Å². The Labute approximate surface area is 154 Å². The van der Waals surface area contributed by atoms with E-state index in [-0.39, 0.29) is 5.56 Å². The van der Waals surface area contributed by atoms with Crippen LogP contribution in [0.1, 0.15) is 11.3 Å². The fourth-order valence-corrected chi connectivity index (χ4v) is 2.97. The molecular formula is C19H16ClN5O. The molecule has 0 aliphatic heterocycles. The molecule has 0 unspecified atom stereocenters. The molecule has 3 heterocycles. The van der Waals surface area contributed by atoms with E-state index in [4.69, 9.17) is 11.6 Å². The zero-order valence-corrected chi connectivity index (χ0v) is 14.8. The van der Waals surface area contributed by atoms with Crippen molar-refractivity contribution in [1.29, 1.82) is 0 Å². The van der Waals surface area contributed by atoms with Crippen LogP contribution in [0.25, 0.3) is 11.3 Å². The summed E-state index contributed by atoms with van der Waals surface area (Å²) in [4.78, 5) is 16.9. The van der Waals surface area contributed by atoms with Crippen molar-refractivity contribution in [1.82, 2.24) is 19.2 Å². The Morgan fingerprint density at radius 1 is 1.19 bits per heavy atom. The van der Waals surface area contributed by atoms with Crippen LogP contribution in [0.3, 0.4) is 0 Å². The second-order valence-corrected chi connectivity index (χ2v) is 6.42. The number of aryl methyl sites for hydroxylation is 1. The van der Waals surface area contributed by atoms with E-state index in [2.05, 4.69) is 15.4 Å². The number of anilines is 1. The number of benzene rings is 1. The highest BCUT2D eigenvalue weighted by atomic mass is 35.5. The van der Waals surface area contributed by atoms with Crippen LogP contribution in [0, 0.1) is 6.92 Å². The number of aromatic nitrogens is 4. The van der Waals surface area contributed by atoms with Crippen LogP contribution in [-0.4, -0.2) is 19.2 Å². The molecule has 4 aromatic rings. The highest BCUT2D eigenvalue weighted by Crippen LogP contribution is 2.24. The van der Waals surface area contributed by atoms with Gasteiger partial charge in [-0.1, -0.05) is 17.7 Å². The Morgan fingerprint density at radius 3 is 2.88 bits per heavy atom. The zero-order valence-electron chi connectivity index (χ0n) is 14.1. The monoisotopic (exact) mass is 365 g/mol. The van der Waals surface area contributed by atoms with Gasteiger partial charge in [-0.25, -0.2) is 9.67 Å². The van der Waals surface area contributed by atoms with E-state index < -0.39 is 0 Å². The normalized spacial score (nSPS) is 11.0. The van der Waals surface area contributed by atoms with Crippen molar-refractivity contribution in [3.63, 3.8) is 0 Å². The van der Waals surface area contributed by atoms with Crippen molar-refractivity contribution in [3.8, 4) is 5.69 Å². The summed E-state index contributed by atoms with van der Waals surface area (Å²) in [5.74, 6) is 0. The molecule has 3 aromatic heterocycles. The van der Waals surface area contributed by atoms with Gasteiger partial charge in [-0.3, -0.25) is 9.20 Å². The van der Waals surface area contributed by atoms with E-state index in [9.17, 15) is 4.79 Å². The number of rotatable bonds is 4. The maximum atomic E-state index is 12.3. The number of nitrogens with zero attached hydrogens (tertiary/aromatic N) is 4. The highest BCUT2D eigenvalue weighted by Gasteiger charge is 2.08. The molecule has 0 amide bonds. The standard InChI is InChI=1S/C19H16ClN5O/c1-13-3-6-18-23-15(10-19(26)24(18)12-13)11-21-16-9-14(20)4-5-17(16)25-8-2-7-22-25/h2-10,12,21H,11H2,1H3. The number of pyridine rings is 1. The van der Waals surface area contributed by atoms with Gasteiger partial charge in [-0.05, 0) is 42.8 Å². The Morgan fingerprint density at radius 2 is 2.08 bits per heavy atom. The lowest BCUT2D eigenvalue weighted by Gasteiger charge is -2.13. The molecule has 0 spiro atoms. The summed E-state index contributed by atoms with van der Waals surface area (Å²) < 4.78 is 3.30. The second kappa shape index (κ2) is 6.65. The molecule has 7 heteroatoms. The van der Waals surface area contributed by atoms with Crippen LogP contribution in [0.4, 0.5) is 5.69 Å². The average Bonchev–Trinajstić information content (AvgIpc) is 3.15. The van der Waals surface area contributed by atoms with Crippen LogP contribution in [-0.2, 0) is 6.54 Å². The summed E-state index contributed by atoms with van der Waals surface area (Å²) in [5.41, 5.74) is 3.87. The lowest BCUT2D eigenvalue weighted by Crippen LogP contribution is -2.17. The molecule has 0 radical (unpaired) electrons. The summed E-state index contributed by atoms with van der Waals surface area (Å²) in [6, 6.07) is 12.7. The Hall–Kier alpha value is -3.12. The summed E-state index contributed by atoms with van der Waals surface area (Å²) in [7, 11) is 0. The summed E-state index contributed by atoms with van der Waals surface area (Å²) in [6.07, 6.45) is 5.36. The van der Waals surface area contributed by atoms with Gasteiger partial charge in [0, 0.05) is 29.7 Å². The molecule has 0 saturated heterocycles. The first-order valence-corrected chi connectivity index (χ1v) is 8.50. The first-order valence-electron chi connectivity index (χ1n) is 8.12. The average molecular weight is 366 g/mol. The predicted molar refractivity (Wildman–Crippen MR) is 102 cm³/mol. The minimum absolute atomic E-state index is 0.103. The quantitative estimate of drug-likeness (QED) is 0.601. The fraction of sp³-hybridized carbons (Fsp3) is 0.105. The van der Waals surface area contributed by atoms with E-state index in [1.165, 1.54) is 6.07 Å². The minimum Gasteiger partial charge on any atom is -0.378 e. The van der Waals surface area contributed by atoms with Gasteiger partial charge >= 0.3 is 0 Å². The molecule has 1 N–H and O–H groups in total. The fourth-order valence-electron chi connectivity index (χ4n) is 2.80. The number of hydrogen-bond donors (Lipinski definition) is 1. The van der Waals surface area contributed by atoms with E-state index >= 15 is 0 Å². The molecule has 26 heavy (non-hydrogen) atoms. The van der Waals surface area contributed by atoms with Gasteiger partial charge < -0.3 is 5.32 Å². The van der Waals surface area contributed by atoms with Crippen molar-refractivity contribution in [3.05, 3.63) is 87.7 Å². The summed E-state index contributed by atoms with van der Waals surface area (Å²) in [6.45, 7) is 2.34.